The molecule has 1 heterocycles. The highest BCUT2D eigenvalue weighted by Gasteiger charge is 2.28. The van der Waals surface area contributed by atoms with Gasteiger partial charge in [0, 0.05) is 33.1 Å². The highest BCUT2D eigenvalue weighted by Crippen LogP contribution is 2.43. The summed E-state index contributed by atoms with van der Waals surface area (Å²) < 4.78 is 12.3. The van der Waals surface area contributed by atoms with Crippen LogP contribution in [0.15, 0.2) is 40.9 Å². The third kappa shape index (κ3) is 2.89. The van der Waals surface area contributed by atoms with Crippen molar-refractivity contribution >= 4 is 27.5 Å². The van der Waals surface area contributed by atoms with Crippen LogP contribution in [0.1, 0.15) is 29.7 Å². The van der Waals surface area contributed by atoms with Crippen LogP contribution in [0.5, 0.6) is 11.5 Å². The van der Waals surface area contributed by atoms with Crippen molar-refractivity contribution in [3.63, 3.8) is 0 Å². The van der Waals surface area contributed by atoms with E-state index in [1.54, 1.807) is 7.11 Å². The summed E-state index contributed by atoms with van der Waals surface area (Å²) in [6.07, 6.45) is 0.618. The van der Waals surface area contributed by atoms with E-state index in [1.807, 2.05) is 36.4 Å². The van der Waals surface area contributed by atoms with Crippen molar-refractivity contribution < 1.29 is 9.47 Å². The van der Waals surface area contributed by atoms with Gasteiger partial charge in [0.15, 0.2) is 0 Å². The average Bonchev–Trinajstić information content (AvgIpc) is 2.47. The molecule has 0 fully saturated rings. The maximum atomic E-state index is 6.30. The first-order valence-electron chi connectivity index (χ1n) is 6.63. The van der Waals surface area contributed by atoms with Crippen LogP contribution in [-0.4, -0.2) is 7.11 Å². The second-order valence-corrected chi connectivity index (χ2v) is 6.31. The number of ether oxygens (including phenoxy) is 2. The summed E-state index contributed by atoms with van der Waals surface area (Å²) in [5.41, 5.74) is 8.33. The number of methoxy groups -OCH3 is 1. The van der Waals surface area contributed by atoms with E-state index in [4.69, 9.17) is 26.8 Å². The summed E-state index contributed by atoms with van der Waals surface area (Å²) in [6.45, 7) is 0. The minimum absolute atomic E-state index is 0.0866. The number of hydrogen-bond acceptors (Lipinski definition) is 3. The van der Waals surface area contributed by atoms with Crippen LogP contribution in [0, 0.1) is 0 Å². The number of fused-ring (bicyclic) bond motifs is 1. The fraction of sp³-hybridized carbons (Fsp3) is 0.250. The highest BCUT2D eigenvalue weighted by molar-refractivity contribution is 9.10. The van der Waals surface area contributed by atoms with E-state index in [0.717, 1.165) is 27.1 Å². The zero-order chi connectivity index (χ0) is 15.0. The molecule has 2 aromatic carbocycles. The molecule has 5 heteroatoms. The van der Waals surface area contributed by atoms with Crippen LogP contribution in [0.2, 0.25) is 5.02 Å². The van der Waals surface area contributed by atoms with Gasteiger partial charge in [-0.15, -0.1) is 0 Å². The van der Waals surface area contributed by atoms with E-state index in [0.29, 0.717) is 11.4 Å². The molecule has 1 aliphatic heterocycles. The Morgan fingerprint density at radius 2 is 2.05 bits per heavy atom. The van der Waals surface area contributed by atoms with Gasteiger partial charge < -0.3 is 15.2 Å². The van der Waals surface area contributed by atoms with Gasteiger partial charge in [0.05, 0.1) is 7.11 Å². The molecule has 2 atom stereocenters. The first-order chi connectivity index (χ1) is 10.1. The Bertz CT molecular complexity index is 677. The second kappa shape index (κ2) is 5.87. The van der Waals surface area contributed by atoms with Crippen LogP contribution < -0.4 is 15.2 Å². The fourth-order valence-electron chi connectivity index (χ4n) is 2.56. The molecule has 1 aliphatic rings. The summed E-state index contributed by atoms with van der Waals surface area (Å²) >= 11 is 9.53. The first kappa shape index (κ1) is 14.7. The maximum absolute atomic E-state index is 6.30. The third-order valence-electron chi connectivity index (χ3n) is 3.66. The van der Waals surface area contributed by atoms with E-state index in [-0.39, 0.29) is 12.1 Å². The quantitative estimate of drug-likeness (QED) is 0.840. The maximum Gasteiger partial charge on any atom is 0.127 e. The summed E-state index contributed by atoms with van der Waals surface area (Å²) in [6, 6.07) is 11.3. The minimum Gasteiger partial charge on any atom is -0.497 e. The summed E-state index contributed by atoms with van der Waals surface area (Å²) in [7, 11) is 1.64. The summed E-state index contributed by atoms with van der Waals surface area (Å²) in [5, 5.41) is 0.691. The van der Waals surface area contributed by atoms with Crippen molar-refractivity contribution in [2.24, 2.45) is 5.73 Å². The Morgan fingerprint density at radius 1 is 1.24 bits per heavy atom. The van der Waals surface area contributed by atoms with Gasteiger partial charge in [0.2, 0.25) is 0 Å². The van der Waals surface area contributed by atoms with E-state index < -0.39 is 0 Å². The van der Waals surface area contributed by atoms with E-state index >= 15 is 0 Å². The van der Waals surface area contributed by atoms with Crippen molar-refractivity contribution in [3.8, 4) is 11.5 Å². The molecule has 3 nitrogen and oxygen atoms in total. The molecule has 2 N–H and O–H groups in total. The van der Waals surface area contributed by atoms with Crippen molar-refractivity contribution in [2.75, 3.05) is 7.11 Å². The molecular weight excluding hydrogens is 354 g/mol. The van der Waals surface area contributed by atoms with Gasteiger partial charge in [0.1, 0.15) is 17.6 Å². The molecule has 0 radical (unpaired) electrons. The Hall–Kier alpha value is -1.23. The van der Waals surface area contributed by atoms with E-state index in [2.05, 4.69) is 15.9 Å². The number of rotatable bonds is 2. The number of nitrogens with two attached hydrogens (primary N) is 1. The van der Waals surface area contributed by atoms with Crippen molar-refractivity contribution in [3.05, 3.63) is 57.0 Å². The Labute approximate surface area is 137 Å². The van der Waals surface area contributed by atoms with Crippen molar-refractivity contribution in [1.82, 2.24) is 0 Å². The fourth-order valence-corrected chi connectivity index (χ4v) is 3.50. The van der Waals surface area contributed by atoms with E-state index in [9.17, 15) is 0 Å². The number of hydrogen-bond donors (Lipinski definition) is 1. The minimum atomic E-state index is -0.0902. The first-order valence-corrected chi connectivity index (χ1v) is 7.80. The standard InChI is InChI=1S/C16H15BrClNO2/c1-20-10-3-5-15-12(7-10)14(19)8-16(21-15)11-4-2-9(18)6-13(11)17/h2-7,14,16H,8,19H2,1H3/t14-,16?/m1/s1. The van der Waals surface area contributed by atoms with Gasteiger partial charge in [-0.25, -0.2) is 0 Å². The molecule has 0 aliphatic carbocycles. The van der Waals surface area contributed by atoms with Crippen LogP contribution in [0.25, 0.3) is 0 Å². The monoisotopic (exact) mass is 367 g/mol. The largest absolute Gasteiger partial charge is 0.497 e. The lowest BCUT2D eigenvalue weighted by Crippen LogP contribution is -2.24. The Morgan fingerprint density at radius 3 is 2.76 bits per heavy atom. The van der Waals surface area contributed by atoms with Crippen LogP contribution in [0.3, 0.4) is 0 Å². The van der Waals surface area contributed by atoms with Crippen LogP contribution >= 0.6 is 27.5 Å². The predicted molar refractivity (Wildman–Crippen MR) is 87.1 cm³/mol. The lowest BCUT2D eigenvalue weighted by Gasteiger charge is -2.31. The molecule has 3 rings (SSSR count). The van der Waals surface area contributed by atoms with Gasteiger partial charge in [-0.05, 0) is 30.3 Å². The highest BCUT2D eigenvalue weighted by atomic mass is 79.9. The van der Waals surface area contributed by atoms with Gasteiger partial charge >= 0.3 is 0 Å². The average molecular weight is 369 g/mol. The van der Waals surface area contributed by atoms with Crippen molar-refractivity contribution in [2.45, 2.75) is 18.6 Å². The summed E-state index contributed by atoms with van der Waals surface area (Å²) in [5.74, 6) is 1.60. The molecule has 21 heavy (non-hydrogen) atoms. The van der Waals surface area contributed by atoms with E-state index in [1.165, 1.54) is 0 Å². The molecule has 110 valence electrons. The molecule has 2 aromatic rings. The van der Waals surface area contributed by atoms with Gasteiger partial charge in [-0.3, -0.25) is 0 Å². The molecular formula is C16H15BrClNO2. The summed E-state index contributed by atoms with van der Waals surface area (Å²) in [4.78, 5) is 0. The Kier molecular flexibility index (Phi) is 4.11. The predicted octanol–water partition coefficient (Wildman–Crippen LogP) is 4.63. The zero-order valence-electron chi connectivity index (χ0n) is 11.5. The second-order valence-electron chi connectivity index (χ2n) is 5.02. The molecule has 0 amide bonds. The lowest BCUT2D eigenvalue weighted by molar-refractivity contribution is 0.160. The zero-order valence-corrected chi connectivity index (χ0v) is 13.8. The normalized spacial score (nSPS) is 20.6. The van der Waals surface area contributed by atoms with Gasteiger partial charge in [-0.1, -0.05) is 33.6 Å². The van der Waals surface area contributed by atoms with Crippen molar-refractivity contribution in [1.29, 1.82) is 0 Å². The molecule has 0 aromatic heterocycles. The topological polar surface area (TPSA) is 44.5 Å². The Balaban J connectivity index is 1.94. The number of halogens is 2. The SMILES string of the molecule is COc1ccc2c(c1)[C@H](N)CC(c1ccc(Cl)cc1Br)O2. The molecule has 0 bridgehead atoms. The lowest BCUT2D eigenvalue weighted by atomic mass is 9.93. The van der Waals surface area contributed by atoms with Gasteiger partial charge in [-0.2, -0.15) is 0 Å². The molecule has 1 unspecified atom stereocenters. The molecule has 0 spiro atoms. The molecule has 0 saturated carbocycles. The smallest absolute Gasteiger partial charge is 0.127 e. The molecule has 0 saturated heterocycles. The number of benzene rings is 2. The van der Waals surface area contributed by atoms with Gasteiger partial charge in [0.25, 0.3) is 0 Å². The van der Waals surface area contributed by atoms with Crippen LogP contribution in [0.4, 0.5) is 0 Å². The third-order valence-corrected chi connectivity index (χ3v) is 4.58. The van der Waals surface area contributed by atoms with Crippen LogP contribution in [-0.2, 0) is 0 Å².